The number of hydrogen-bond donors (Lipinski definition) is 2. The molecule has 2 aromatic heterocycles. The minimum absolute atomic E-state index is 0.141. The summed E-state index contributed by atoms with van der Waals surface area (Å²) < 4.78 is 0. The predicted octanol–water partition coefficient (Wildman–Crippen LogP) is 3.54. The van der Waals surface area contributed by atoms with Gasteiger partial charge in [0, 0.05) is 23.2 Å². The summed E-state index contributed by atoms with van der Waals surface area (Å²) in [5.41, 5.74) is 1.89. The van der Waals surface area contributed by atoms with E-state index in [0.29, 0.717) is 39.6 Å². The number of benzene rings is 1. The third-order valence-electron chi connectivity index (χ3n) is 3.25. The van der Waals surface area contributed by atoms with Crippen LogP contribution in [0, 0.1) is 0 Å². The van der Waals surface area contributed by atoms with Gasteiger partial charge in [0.25, 0.3) is 0 Å². The summed E-state index contributed by atoms with van der Waals surface area (Å²) in [5, 5.41) is 10.3. The van der Waals surface area contributed by atoms with Crippen molar-refractivity contribution in [1.82, 2.24) is 15.0 Å². The zero-order chi connectivity index (χ0) is 15.0. The van der Waals surface area contributed by atoms with Crippen LogP contribution >= 0.6 is 11.6 Å². The molecule has 0 spiro atoms. The average Bonchev–Trinajstić information content (AvgIpc) is 2.91. The second-order valence-electron chi connectivity index (χ2n) is 4.55. The average molecular weight is 302 g/mol. The largest absolute Gasteiger partial charge is 0.478 e. The molecule has 0 atom stereocenters. The zero-order valence-corrected chi connectivity index (χ0v) is 12.0. The molecule has 2 heterocycles. The number of carboxylic acids is 1. The molecule has 0 amide bonds. The Morgan fingerprint density at radius 1 is 1.33 bits per heavy atom. The van der Waals surface area contributed by atoms with Crippen molar-refractivity contribution in [3.05, 3.63) is 46.9 Å². The first kappa shape index (κ1) is 13.6. The number of rotatable bonds is 3. The Bertz CT molecular complexity index is 842. The van der Waals surface area contributed by atoms with Crippen molar-refractivity contribution in [2.75, 3.05) is 0 Å². The predicted molar refractivity (Wildman–Crippen MR) is 80.7 cm³/mol. The lowest BCUT2D eigenvalue weighted by molar-refractivity contribution is 0.0699. The summed E-state index contributed by atoms with van der Waals surface area (Å²) in [7, 11) is 0. The van der Waals surface area contributed by atoms with Gasteiger partial charge in [-0.15, -0.1) is 0 Å². The van der Waals surface area contributed by atoms with E-state index < -0.39 is 5.97 Å². The number of carboxylic acid groups (broad SMARTS) is 1. The molecule has 0 saturated heterocycles. The smallest absolute Gasteiger partial charge is 0.338 e. The summed E-state index contributed by atoms with van der Waals surface area (Å²) in [5.74, 6) is -0.390. The number of aromatic carboxylic acids is 1. The molecule has 0 bridgehead atoms. The molecule has 6 heteroatoms. The van der Waals surface area contributed by atoms with Crippen LogP contribution in [0.4, 0.5) is 0 Å². The monoisotopic (exact) mass is 301 g/mol. The molecular weight excluding hydrogens is 290 g/mol. The highest BCUT2D eigenvalue weighted by atomic mass is 35.5. The lowest BCUT2D eigenvalue weighted by atomic mass is 10.1. The van der Waals surface area contributed by atoms with E-state index in [4.69, 9.17) is 11.6 Å². The highest BCUT2D eigenvalue weighted by Crippen LogP contribution is 2.33. The number of hydrogen-bond acceptors (Lipinski definition) is 3. The summed E-state index contributed by atoms with van der Waals surface area (Å²) in [4.78, 5) is 23.1. The Hall–Kier alpha value is -2.40. The molecular formula is C15H12ClN3O2. The summed E-state index contributed by atoms with van der Waals surface area (Å²) in [6.45, 7) is 1.94. The molecule has 0 aliphatic carbocycles. The number of aromatic amines is 1. The minimum atomic E-state index is -1.03. The Kier molecular flexibility index (Phi) is 3.35. The molecule has 21 heavy (non-hydrogen) atoms. The van der Waals surface area contributed by atoms with Crippen molar-refractivity contribution in [1.29, 1.82) is 0 Å². The van der Waals surface area contributed by atoms with Crippen LogP contribution in [0.3, 0.4) is 0 Å². The van der Waals surface area contributed by atoms with E-state index in [1.54, 1.807) is 6.07 Å². The third-order valence-corrected chi connectivity index (χ3v) is 3.58. The number of halogens is 1. The van der Waals surface area contributed by atoms with Crippen molar-refractivity contribution >= 4 is 28.6 Å². The van der Waals surface area contributed by atoms with Crippen LogP contribution < -0.4 is 0 Å². The van der Waals surface area contributed by atoms with E-state index in [1.165, 1.54) is 6.20 Å². The quantitative estimate of drug-likeness (QED) is 0.775. The van der Waals surface area contributed by atoms with Gasteiger partial charge in [0.15, 0.2) is 0 Å². The van der Waals surface area contributed by atoms with Gasteiger partial charge < -0.3 is 10.1 Å². The van der Waals surface area contributed by atoms with E-state index in [1.807, 2.05) is 25.1 Å². The molecule has 2 N–H and O–H groups in total. The van der Waals surface area contributed by atoms with Gasteiger partial charge in [0.1, 0.15) is 11.5 Å². The van der Waals surface area contributed by atoms with Crippen LogP contribution in [-0.4, -0.2) is 26.0 Å². The molecule has 5 nitrogen and oxygen atoms in total. The number of aromatic nitrogens is 3. The lowest BCUT2D eigenvalue weighted by Crippen LogP contribution is -2.00. The molecule has 3 rings (SSSR count). The van der Waals surface area contributed by atoms with Crippen molar-refractivity contribution in [3.63, 3.8) is 0 Å². The van der Waals surface area contributed by atoms with Gasteiger partial charge in [-0.1, -0.05) is 36.7 Å². The number of aryl methyl sites for hydroxylation is 1. The molecule has 0 aliphatic heterocycles. The van der Waals surface area contributed by atoms with Crippen molar-refractivity contribution in [2.45, 2.75) is 13.3 Å². The van der Waals surface area contributed by atoms with Gasteiger partial charge in [-0.2, -0.15) is 0 Å². The zero-order valence-electron chi connectivity index (χ0n) is 11.2. The number of fused-ring (bicyclic) bond motifs is 1. The normalized spacial score (nSPS) is 11.0. The Labute approximate surface area is 125 Å². The summed E-state index contributed by atoms with van der Waals surface area (Å²) >= 11 is 6.24. The van der Waals surface area contributed by atoms with E-state index in [9.17, 15) is 9.90 Å². The molecule has 0 fully saturated rings. The second kappa shape index (κ2) is 5.18. The van der Waals surface area contributed by atoms with Crippen LogP contribution in [-0.2, 0) is 6.42 Å². The van der Waals surface area contributed by atoms with E-state index in [-0.39, 0.29) is 5.56 Å². The Morgan fingerprint density at radius 2 is 2.10 bits per heavy atom. The molecule has 0 radical (unpaired) electrons. The lowest BCUT2D eigenvalue weighted by Gasteiger charge is -2.08. The number of nitrogens with one attached hydrogen (secondary N) is 1. The minimum Gasteiger partial charge on any atom is -0.478 e. The molecule has 3 aromatic rings. The van der Waals surface area contributed by atoms with Crippen LogP contribution in [0.2, 0.25) is 5.02 Å². The van der Waals surface area contributed by atoms with Crippen molar-refractivity contribution in [2.24, 2.45) is 0 Å². The first-order chi connectivity index (χ1) is 10.1. The summed E-state index contributed by atoms with van der Waals surface area (Å²) in [6.07, 6.45) is 2.08. The van der Waals surface area contributed by atoms with E-state index in [2.05, 4.69) is 15.0 Å². The molecule has 0 unspecified atom stereocenters. The van der Waals surface area contributed by atoms with Gasteiger partial charge in [0.05, 0.1) is 16.6 Å². The number of H-pyrrole nitrogens is 1. The highest BCUT2D eigenvalue weighted by Gasteiger charge is 2.19. The summed E-state index contributed by atoms with van der Waals surface area (Å²) in [6, 6.07) is 7.24. The maximum Gasteiger partial charge on any atom is 0.338 e. The van der Waals surface area contributed by atoms with E-state index >= 15 is 0 Å². The van der Waals surface area contributed by atoms with Gasteiger partial charge in [0.2, 0.25) is 0 Å². The standard InChI is InChI=1S/C15H12ClN3O2/c1-2-11-18-13(8-5-3-4-6-10(8)16)12-9(15(20)21)7-17-14(12)19-11/h3-7H,2H2,1H3,(H,20,21)(H,17,18,19). The molecule has 106 valence electrons. The van der Waals surface area contributed by atoms with Crippen LogP contribution in [0.1, 0.15) is 23.1 Å². The van der Waals surface area contributed by atoms with Crippen molar-refractivity contribution in [3.8, 4) is 11.3 Å². The Morgan fingerprint density at radius 3 is 2.76 bits per heavy atom. The number of carbonyl (C=O) groups is 1. The Balaban J connectivity index is 2.41. The van der Waals surface area contributed by atoms with Gasteiger partial charge in [-0.25, -0.2) is 14.8 Å². The SMILES string of the molecule is CCc1nc(-c2ccccc2Cl)c2c(C(=O)O)c[nH]c2n1. The van der Waals surface area contributed by atoms with Crippen LogP contribution in [0.25, 0.3) is 22.3 Å². The van der Waals surface area contributed by atoms with Crippen LogP contribution in [0.15, 0.2) is 30.5 Å². The fourth-order valence-electron chi connectivity index (χ4n) is 2.25. The van der Waals surface area contributed by atoms with E-state index in [0.717, 1.165) is 0 Å². The number of nitrogens with zero attached hydrogens (tertiary/aromatic N) is 2. The first-order valence-electron chi connectivity index (χ1n) is 6.48. The topological polar surface area (TPSA) is 78.9 Å². The van der Waals surface area contributed by atoms with Gasteiger partial charge >= 0.3 is 5.97 Å². The van der Waals surface area contributed by atoms with Gasteiger partial charge in [-0.3, -0.25) is 0 Å². The fraction of sp³-hybridized carbons (Fsp3) is 0.133. The molecule has 0 aliphatic rings. The maximum atomic E-state index is 11.4. The van der Waals surface area contributed by atoms with Gasteiger partial charge in [-0.05, 0) is 6.07 Å². The molecule has 0 saturated carbocycles. The van der Waals surface area contributed by atoms with Crippen LogP contribution in [0.5, 0.6) is 0 Å². The second-order valence-corrected chi connectivity index (χ2v) is 4.96. The van der Waals surface area contributed by atoms with Crippen molar-refractivity contribution < 1.29 is 9.90 Å². The molecule has 1 aromatic carbocycles. The third kappa shape index (κ3) is 2.25. The fourth-order valence-corrected chi connectivity index (χ4v) is 2.48. The maximum absolute atomic E-state index is 11.4. The highest BCUT2D eigenvalue weighted by molar-refractivity contribution is 6.33. The first-order valence-corrected chi connectivity index (χ1v) is 6.85.